The molecule has 0 saturated heterocycles. The molecule has 1 aromatic rings. The van der Waals surface area contributed by atoms with E-state index in [-0.39, 0.29) is 0 Å². The molecule has 94 valence electrons. The number of hydrogen-bond acceptors (Lipinski definition) is 4. The lowest BCUT2D eigenvalue weighted by Gasteiger charge is -2.30. The van der Waals surface area contributed by atoms with Crippen molar-refractivity contribution in [3.8, 4) is 0 Å². The van der Waals surface area contributed by atoms with Gasteiger partial charge in [-0.05, 0) is 39.2 Å². The third kappa shape index (κ3) is 2.57. The summed E-state index contributed by atoms with van der Waals surface area (Å²) in [6.45, 7) is 4.73. The number of nitrogens with zero attached hydrogens (tertiary/aromatic N) is 3. The van der Waals surface area contributed by atoms with Crippen molar-refractivity contribution in [1.82, 2.24) is 9.97 Å². The van der Waals surface area contributed by atoms with Gasteiger partial charge in [0.05, 0.1) is 0 Å². The maximum atomic E-state index is 5.84. The van der Waals surface area contributed by atoms with Crippen LogP contribution in [0.4, 0.5) is 5.82 Å². The number of rotatable bonds is 3. The van der Waals surface area contributed by atoms with Crippen molar-refractivity contribution in [3.63, 3.8) is 0 Å². The van der Waals surface area contributed by atoms with Crippen molar-refractivity contribution in [2.24, 2.45) is 11.7 Å². The first-order chi connectivity index (χ1) is 8.11. The zero-order valence-electron chi connectivity index (χ0n) is 11.0. The molecule has 1 heterocycles. The highest BCUT2D eigenvalue weighted by Gasteiger charge is 2.30. The molecule has 0 radical (unpaired) electrons. The number of aromatic nitrogens is 2. The maximum absolute atomic E-state index is 5.84. The molecular weight excluding hydrogens is 212 g/mol. The third-order valence-corrected chi connectivity index (χ3v) is 3.73. The Morgan fingerprint density at radius 3 is 2.76 bits per heavy atom. The van der Waals surface area contributed by atoms with Crippen molar-refractivity contribution >= 4 is 5.82 Å². The second-order valence-corrected chi connectivity index (χ2v) is 5.02. The summed E-state index contributed by atoms with van der Waals surface area (Å²) >= 11 is 0. The van der Waals surface area contributed by atoms with Crippen LogP contribution in [-0.2, 0) is 0 Å². The van der Waals surface area contributed by atoms with Gasteiger partial charge in [-0.3, -0.25) is 0 Å². The van der Waals surface area contributed by atoms with Gasteiger partial charge in [-0.15, -0.1) is 0 Å². The summed E-state index contributed by atoms with van der Waals surface area (Å²) in [5.74, 6) is 2.48. The van der Waals surface area contributed by atoms with Gasteiger partial charge in [0, 0.05) is 24.8 Å². The van der Waals surface area contributed by atoms with Crippen LogP contribution in [-0.4, -0.2) is 29.6 Å². The van der Waals surface area contributed by atoms with Gasteiger partial charge < -0.3 is 10.6 Å². The predicted octanol–water partition coefficient (Wildman–Crippen LogP) is 1.66. The standard InChI is InChI=1S/C13H22N4/c1-9-7-13(16-10(2)15-9)17(3)12-6-4-5-11(12)8-14/h7,11-12H,4-6,8,14H2,1-3H3. The molecule has 2 N–H and O–H groups in total. The van der Waals surface area contributed by atoms with Gasteiger partial charge in [-0.2, -0.15) is 0 Å². The van der Waals surface area contributed by atoms with Crippen LogP contribution in [0.15, 0.2) is 6.07 Å². The molecule has 17 heavy (non-hydrogen) atoms. The van der Waals surface area contributed by atoms with Crippen molar-refractivity contribution < 1.29 is 0 Å². The molecule has 0 amide bonds. The Hall–Kier alpha value is -1.16. The molecule has 0 bridgehead atoms. The highest BCUT2D eigenvalue weighted by molar-refractivity contribution is 5.40. The van der Waals surface area contributed by atoms with E-state index in [1.807, 2.05) is 13.8 Å². The predicted molar refractivity (Wildman–Crippen MR) is 70.1 cm³/mol. The van der Waals surface area contributed by atoms with Gasteiger partial charge in [-0.1, -0.05) is 6.42 Å². The fourth-order valence-electron chi connectivity index (χ4n) is 2.85. The summed E-state index contributed by atoms with van der Waals surface area (Å²) in [6.07, 6.45) is 3.74. The first-order valence-corrected chi connectivity index (χ1v) is 6.37. The number of nitrogens with two attached hydrogens (primary N) is 1. The molecular formula is C13H22N4. The van der Waals surface area contributed by atoms with Gasteiger partial charge >= 0.3 is 0 Å². The Morgan fingerprint density at radius 2 is 2.12 bits per heavy atom. The molecule has 1 fully saturated rings. The summed E-state index contributed by atoms with van der Waals surface area (Å²) in [4.78, 5) is 11.1. The van der Waals surface area contributed by atoms with E-state index in [1.165, 1.54) is 19.3 Å². The van der Waals surface area contributed by atoms with Gasteiger partial charge in [0.1, 0.15) is 11.6 Å². The topological polar surface area (TPSA) is 55.0 Å². The Kier molecular flexibility index (Phi) is 3.62. The van der Waals surface area contributed by atoms with Crippen LogP contribution in [0.25, 0.3) is 0 Å². The number of hydrogen-bond donors (Lipinski definition) is 1. The van der Waals surface area contributed by atoms with Crippen LogP contribution in [0, 0.1) is 19.8 Å². The summed E-state index contributed by atoms with van der Waals surface area (Å²) in [7, 11) is 2.12. The minimum absolute atomic E-state index is 0.536. The van der Waals surface area contributed by atoms with E-state index in [1.54, 1.807) is 0 Å². The quantitative estimate of drug-likeness (QED) is 0.864. The summed E-state index contributed by atoms with van der Waals surface area (Å²) in [5, 5.41) is 0. The van der Waals surface area contributed by atoms with Gasteiger partial charge in [0.25, 0.3) is 0 Å². The lowest BCUT2D eigenvalue weighted by Crippen LogP contribution is -2.38. The average Bonchev–Trinajstić information content (AvgIpc) is 2.74. The van der Waals surface area contributed by atoms with Crippen molar-refractivity contribution in [2.75, 3.05) is 18.5 Å². The molecule has 4 heteroatoms. The molecule has 0 spiro atoms. The van der Waals surface area contributed by atoms with E-state index in [2.05, 4.69) is 28.0 Å². The fraction of sp³-hybridized carbons (Fsp3) is 0.692. The van der Waals surface area contributed by atoms with Crippen LogP contribution < -0.4 is 10.6 Å². The molecule has 2 atom stereocenters. The van der Waals surface area contributed by atoms with Gasteiger partial charge in [0.2, 0.25) is 0 Å². The Morgan fingerprint density at radius 1 is 1.35 bits per heavy atom. The Balaban J connectivity index is 2.21. The summed E-state index contributed by atoms with van der Waals surface area (Å²) in [5.41, 5.74) is 6.87. The van der Waals surface area contributed by atoms with Gasteiger partial charge in [0.15, 0.2) is 0 Å². The van der Waals surface area contributed by atoms with Gasteiger partial charge in [-0.25, -0.2) is 9.97 Å². The summed E-state index contributed by atoms with van der Waals surface area (Å²) in [6, 6.07) is 2.59. The first-order valence-electron chi connectivity index (χ1n) is 6.37. The molecule has 1 aliphatic carbocycles. The van der Waals surface area contributed by atoms with Crippen LogP contribution in [0.1, 0.15) is 30.8 Å². The second-order valence-electron chi connectivity index (χ2n) is 5.02. The summed E-state index contributed by atoms with van der Waals surface area (Å²) < 4.78 is 0. The van der Waals surface area contributed by atoms with Crippen LogP contribution in [0.5, 0.6) is 0 Å². The monoisotopic (exact) mass is 234 g/mol. The normalized spacial score (nSPS) is 24.0. The molecule has 4 nitrogen and oxygen atoms in total. The van der Waals surface area contributed by atoms with E-state index in [9.17, 15) is 0 Å². The van der Waals surface area contributed by atoms with Crippen molar-refractivity contribution in [2.45, 2.75) is 39.2 Å². The molecule has 2 unspecified atom stereocenters. The second kappa shape index (κ2) is 5.00. The van der Waals surface area contributed by atoms with E-state index in [4.69, 9.17) is 5.73 Å². The minimum Gasteiger partial charge on any atom is -0.356 e. The Labute approximate surface area is 103 Å². The SMILES string of the molecule is Cc1cc(N(C)C2CCCC2CN)nc(C)n1. The van der Waals surface area contributed by atoms with E-state index >= 15 is 0 Å². The average molecular weight is 234 g/mol. The van der Waals surface area contributed by atoms with Crippen molar-refractivity contribution in [3.05, 3.63) is 17.6 Å². The molecule has 0 aromatic carbocycles. The zero-order chi connectivity index (χ0) is 12.4. The molecule has 0 aliphatic heterocycles. The van der Waals surface area contributed by atoms with Crippen LogP contribution in [0.3, 0.4) is 0 Å². The lowest BCUT2D eigenvalue weighted by atomic mass is 10.0. The smallest absolute Gasteiger partial charge is 0.132 e. The highest BCUT2D eigenvalue weighted by Crippen LogP contribution is 2.30. The number of anilines is 1. The highest BCUT2D eigenvalue weighted by atomic mass is 15.2. The molecule has 1 saturated carbocycles. The minimum atomic E-state index is 0.536. The lowest BCUT2D eigenvalue weighted by molar-refractivity contribution is 0.471. The largest absolute Gasteiger partial charge is 0.356 e. The molecule has 1 aromatic heterocycles. The fourth-order valence-corrected chi connectivity index (χ4v) is 2.85. The first kappa shape index (κ1) is 12.3. The van der Waals surface area contributed by atoms with E-state index in [0.29, 0.717) is 12.0 Å². The van der Waals surface area contributed by atoms with Crippen molar-refractivity contribution in [1.29, 1.82) is 0 Å². The molecule has 2 rings (SSSR count). The van der Waals surface area contributed by atoms with Crippen LogP contribution in [0.2, 0.25) is 0 Å². The Bertz CT molecular complexity index is 371. The zero-order valence-corrected chi connectivity index (χ0v) is 11.0. The maximum Gasteiger partial charge on any atom is 0.132 e. The van der Waals surface area contributed by atoms with E-state index in [0.717, 1.165) is 23.9 Å². The van der Waals surface area contributed by atoms with E-state index < -0.39 is 0 Å². The number of aryl methyl sites for hydroxylation is 2. The third-order valence-electron chi connectivity index (χ3n) is 3.73. The van der Waals surface area contributed by atoms with Crippen LogP contribution >= 0.6 is 0 Å². The molecule has 1 aliphatic rings.